The summed E-state index contributed by atoms with van der Waals surface area (Å²) in [6.45, 7) is 2.49. The molecule has 0 saturated carbocycles. The van der Waals surface area contributed by atoms with E-state index in [1.54, 1.807) is 6.92 Å². The van der Waals surface area contributed by atoms with E-state index >= 15 is 0 Å². The number of thioether (sulfide) groups is 1. The number of nitrogens with one attached hydrogen (secondary N) is 1. The summed E-state index contributed by atoms with van der Waals surface area (Å²) in [7, 11) is 1.88. The molecule has 0 aromatic rings. The number of carbonyl (C=O) groups excluding carboxylic acids is 1. The normalized spacial score (nSPS) is 8.22. The van der Waals surface area contributed by atoms with Crippen LogP contribution < -0.4 is 5.32 Å². The second kappa shape index (κ2) is 8.27. The van der Waals surface area contributed by atoms with Crippen molar-refractivity contribution in [3.05, 3.63) is 0 Å². The van der Waals surface area contributed by atoms with Gasteiger partial charge >= 0.3 is 0 Å². The lowest BCUT2D eigenvalue weighted by Gasteiger charge is -1.92. The molecule has 2 nitrogen and oxygen atoms in total. The zero-order chi connectivity index (χ0) is 6.41. The van der Waals surface area contributed by atoms with E-state index in [0.717, 1.165) is 12.3 Å². The van der Waals surface area contributed by atoms with E-state index in [1.165, 1.54) is 11.8 Å². The Morgan fingerprint density at radius 2 is 2.22 bits per heavy atom. The van der Waals surface area contributed by atoms with Gasteiger partial charge in [0.1, 0.15) is 0 Å². The summed E-state index contributed by atoms with van der Waals surface area (Å²) in [6.07, 6.45) is 0. The van der Waals surface area contributed by atoms with E-state index in [-0.39, 0.29) is 17.5 Å². The fourth-order valence-electron chi connectivity index (χ4n) is 0.297. The summed E-state index contributed by atoms with van der Waals surface area (Å²) < 4.78 is 0. The van der Waals surface area contributed by atoms with Crippen LogP contribution in [0.5, 0.6) is 0 Å². The van der Waals surface area contributed by atoms with Gasteiger partial charge in [0, 0.05) is 19.2 Å². The lowest BCUT2D eigenvalue weighted by Crippen LogP contribution is -2.10. The SMILES string of the molecule is CNCCSC(C)=O.Cl. The molecule has 0 aliphatic rings. The van der Waals surface area contributed by atoms with Gasteiger partial charge in [0.05, 0.1) is 0 Å². The Balaban J connectivity index is 0. The molecule has 0 rings (SSSR count). The van der Waals surface area contributed by atoms with Crippen LogP contribution in [0, 0.1) is 0 Å². The van der Waals surface area contributed by atoms with Gasteiger partial charge in [0.2, 0.25) is 0 Å². The summed E-state index contributed by atoms with van der Waals surface area (Å²) >= 11 is 1.35. The third-order valence-corrected chi connectivity index (χ3v) is 1.47. The molecule has 4 heteroatoms. The van der Waals surface area contributed by atoms with Gasteiger partial charge in [-0.2, -0.15) is 0 Å². The molecule has 0 aliphatic heterocycles. The summed E-state index contributed by atoms with van der Waals surface area (Å²) in [5.41, 5.74) is 0. The zero-order valence-corrected chi connectivity index (χ0v) is 7.27. The molecule has 0 fully saturated rings. The minimum Gasteiger partial charge on any atom is -0.319 e. The van der Waals surface area contributed by atoms with Crippen molar-refractivity contribution in [2.24, 2.45) is 0 Å². The Bertz CT molecular complexity index is 79.4. The fraction of sp³-hybridized carbons (Fsp3) is 0.800. The molecule has 0 saturated heterocycles. The van der Waals surface area contributed by atoms with E-state index in [4.69, 9.17) is 0 Å². The molecule has 0 unspecified atom stereocenters. The molecule has 0 aromatic carbocycles. The molecule has 0 aromatic heterocycles. The van der Waals surface area contributed by atoms with E-state index in [2.05, 4.69) is 5.32 Å². The lowest BCUT2D eigenvalue weighted by atomic mass is 10.8. The summed E-state index contributed by atoms with van der Waals surface area (Å²) in [5.74, 6) is 0.881. The molecule has 56 valence electrons. The average Bonchev–Trinajstić information content (AvgIpc) is 1.66. The minimum atomic E-state index is 0. The van der Waals surface area contributed by atoms with E-state index in [9.17, 15) is 4.79 Å². The summed E-state index contributed by atoms with van der Waals surface area (Å²) in [4.78, 5) is 10.3. The standard InChI is InChI=1S/C5H11NOS.ClH/c1-5(7)8-4-3-6-2;/h6H,3-4H2,1-2H3;1H. The first-order valence-corrected chi connectivity index (χ1v) is 3.54. The lowest BCUT2D eigenvalue weighted by molar-refractivity contribution is -0.109. The molecule has 0 spiro atoms. The maximum absolute atomic E-state index is 10.3. The van der Waals surface area contributed by atoms with Crippen LogP contribution in [0.3, 0.4) is 0 Å². The molecular weight excluding hydrogens is 158 g/mol. The topological polar surface area (TPSA) is 29.1 Å². The zero-order valence-electron chi connectivity index (χ0n) is 5.64. The van der Waals surface area contributed by atoms with Gasteiger partial charge in [0.25, 0.3) is 0 Å². The van der Waals surface area contributed by atoms with Crippen molar-refractivity contribution in [3.8, 4) is 0 Å². The largest absolute Gasteiger partial charge is 0.319 e. The Morgan fingerprint density at radius 1 is 1.67 bits per heavy atom. The van der Waals surface area contributed by atoms with Gasteiger partial charge in [-0.25, -0.2) is 0 Å². The van der Waals surface area contributed by atoms with Crippen molar-refractivity contribution in [3.63, 3.8) is 0 Å². The maximum atomic E-state index is 10.3. The van der Waals surface area contributed by atoms with Gasteiger partial charge in [-0.15, -0.1) is 12.4 Å². The molecule has 0 bridgehead atoms. The van der Waals surface area contributed by atoms with E-state index in [0.29, 0.717) is 0 Å². The highest BCUT2D eigenvalue weighted by atomic mass is 35.5. The second-order valence-corrected chi connectivity index (χ2v) is 2.72. The van der Waals surface area contributed by atoms with Gasteiger partial charge < -0.3 is 5.32 Å². The highest BCUT2D eigenvalue weighted by Crippen LogP contribution is 1.97. The van der Waals surface area contributed by atoms with Crippen molar-refractivity contribution in [1.82, 2.24) is 5.32 Å². The third-order valence-electron chi connectivity index (χ3n) is 0.657. The summed E-state index contributed by atoms with van der Waals surface area (Å²) in [5, 5.41) is 3.14. The van der Waals surface area contributed by atoms with Crippen molar-refractivity contribution in [1.29, 1.82) is 0 Å². The third kappa shape index (κ3) is 11.7. The molecule has 0 aliphatic carbocycles. The van der Waals surface area contributed by atoms with Crippen LogP contribution in [0.25, 0.3) is 0 Å². The van der Waals surface area contributed by atoms with Gasteiger partial charge in [-0.05, 0) is 7.05 Å². The Kier molecular flexibility index (Phi) is 11.0. The molecular formula is C5H12ClNOS. The number of halogens is 1. The number of hydrogen-bond acceptors (Lipinski definition) is 3. The first kappa shape index (κ1) is 12.0. The fourth-order valence-corrected chi connectivity index (χ4v) is 0.890. The van der Waals surface area contributed by atoms with Crippen LogP contribution in [0.2, 0.25) is 0 Å². The van der Waals surface area contributed by atoms with Gasteiger partial charge in [0.15, 0.2) is 5.12 Å². The number of hydrogen-bond donors (Lipinski definition) is 1. The Labute approximate surface area is 66.2 Å². The van der Waals surface area contributed by atoms with Crippen molar-refractivity contribution < 1.29 is 4.79 Å². The van der Waals surface area contributed by atoms with Crippen LogP contribution in [-0.2, 0) is 4.79 Å². The summed E-state index contributed by atoms with van der Waals surface area (Å²) in [6, 6.07) is 0. The number of carbonyl (C=O) groups is 1. The first-order chi connectivity index (χ1) is 3.77. The first-order valence-electron chi connectivity index (χ1n) is 2.55. The monoisotopic (exact) mass is 169 g/mol. The number of rotatable bonds is 3. The van der Waals surface area contributed by atoms with Crippen LogP contribution >= 0.6 is 24.2 Å². The molecule has 0 amide bonds. The van der Waals surface area contributed by atoms with Crippen molar-refractivity contribution in [2.75, 3.05) is 19.3 Å². The minimum absolute atomic E-state index is 0. The highest BCUT2D eigenvalue weighted by molar-refractivity contribution is 8.13. The van der Waals surface area contributed by atoms with Crippen LogP contribution in [0.1, 0.15) is 6.92 Å². The van der Waals surface area contributed by atoms with Gasteiger partial charge in [-0.1, -0.05) is 11.8 Å². The van der Waals surface area contributed by atoms with Gasteiger partial charge in [-0.3, -0.25) is 4.79 Å². The second-order valence-electron chi connectivity index (χ2n) is 1.44. The van der Waals surface area contributed by atoms with Crippen LogP contribution in [0.15, 0.2) is 0 Å². The van der Waals surface area contributed by atoms with Crippen molar-refractivity contribution >= 4 is 29.3 Å². The maximum Gasteiger partial charge on any atom is 0.185 e. The van der Waals surface area contributed by atoms with Crippen LogP contribution in [0.4, 0.5) is 0 Å². The quantitative estimate of drug-likeness (QED) is 0.637. The Hall–Kier alpha value is 0.270. The molecule has 0 atom stereocenters. The Morgan fingerprint density at radius 3 is 2.56 bits per heavy atom. The van der Waals surface area contributed by atoms with Crippen LogP contribution in [-0.4, -0.2) is 24.5 Å². The molecule has 1 N–H and O–H groups in total. The average molecular weight is 170 g/mol. The predicted molar refractivity (Wildman–Crippen MR) is 44.3 cm³/mol. The highest BCUT2D eigenvalue weighted by Gasteiger charge is 1.89. The molecule has 9 heavy (non-hydrogen) atoms. The van der Waals surface area contributed by atoms with Crippen molar-refractivity contribution in [2.45, 2.75) is 6.92 Å². The molecule has 0 heterocycles. The smallest absolute Gasteiger partial charge is 0.185 e. The molecule has 0 radical (unpaired) electrons. The van der Waals surface area contributed by atoms with E-state index < -0.39 is 0 Å². The van der Waals surface area contributed by atoms with E-state index in [1.807, 2.05) is 7.05 Å². The predicted octanol–water partition coefficient (Wildman–Crippen LogP) is 0.907.